The van der Waals surface area contributed by atoms with Gasteiger partial charge in [-0.1, -0.05) is 26.0 Å². The van der Waals surface area contributed by atoms with Crippen LogP contribution in [0.2, 0.25) is 0 Å². The minimum Gasteiger partial charge on any atom is -0.492 e. The molecule has 8 heteroatoms. The molecule has 0 saturated carbocycles. The van der Waals surface area contributed by atoms with Crippen molar-refractivity contribution in [3.63, 3.8) is 0 Å². The quantitative estimate of drug-likeness (QED) is 0.556. The van der Waals surface area contributed by atoms with Crippen LogP contribution in [0.5, 0.6) is 5.75 Å². The second-order valence-corrected chi connectivity index (χ2v) is 9.91. The monoisotopic (exact) mass is 460 g/mol. The van der Waals surface area contributed by atoms with E-state index in [0.717, 1.165) is 63.7 Å². The maximum atomic E-state index is 12.8. The molecule has 1 aliphatic heterocycles. The topological polar surface area (TPSA) is 65.1 Å². The standard InChI is InChI=1S/C24H36N4O3S/c1-4-27(5-2)18-19-31-23-10-8-22(9-11-23)25-32(29,30)24-12-6-21(7-13-24)20-28-16-14-26(3)15-17-28/h6-13,25H,4-5,14-20H2,1-3H3. The normalized spacial score (nSPS) is 15.8. The van der Waals surface area contributed by atoms with Gasteiger partial charge in [-0.05, 0) is 62.1 Å². The molecule has 0 amide bonds. The molecule has 1 N–H and O–H groups in total. The predicted octanol–water partition coefficient (Wildman–Crippen LogP) is 2.96. The molecule has 7 nitrogen and oxygen atoms in total. The van der Waals surface area contributed by atoms with Crippen molar-refractivity contribution < 1.29 is 13.2 Å². The third kappa shape index (κ3) is 7.20. The van der Waals surface area contributed by atoms with Crippen molar-refractivity contribution in [2.24, 2.45) is 0 Å². The molecule has 3 rings (SSSR count). The smallest absolute Gasteiger partial charge is 0.261 e. The fourth-order valence-electron chi connectivity index (χ4n) is 3.70. The van der Waals surface area contributed by atoms with Crippen LogP contribution in [0.15, 0.2) is 53.4 Å². The van der Waals surface area contributed by atoms with Crippen LogP contribution < -0.4 is 9.46 Å². The molecule has 1 aliphatic rings. The Morgan fingerprint density at radius 1 is 0.938 bits per heavy atom. The number of rotatable bonds is 11. The Labute approximate surface area is 193 Å². The van der Waals surface area contributed by atoms with E-state index in [-0.39, 0.29) is 4.90 Å². The van der Waals surface area contributed by atoms with Gasteiger partial charge in [0.25, 0.3) is 10.0 Å². The van der Waals surface area contributed by atoms with E-state index in [9.17, 15) is 8.42 Å². The SMILES string of the molecule is CCN(CC)CCOc1ccc(NS(=O)(=O)c2ccc(CN3CCN(C)CC3)cc2)cc1. The summed E-state index contributed by atoms with van der Waals surface area (Å²) in [4.78, 5) is 7.27. The fourth-order valence-corrected chi connectivity index (χ4v) is 4.76. The van der Waals surface area contributed by atoms with E-state index < -0.39 is 10.0 Å². The summed E-state index contributed by atoms with van der Waals surface area (Å²) < 4.78 is 34.0. The summed E-state index contributed by atoms with van der Waals surface area (Å²) >= 11 is 0. The number of ether oxygens (including phenoxy) is 1. The maximum Gasteiger partial charge on any atom is 0.261 e. The zero-order chi connectivity index (χ0) is 23.0. The summed E-state index contributed by atoms with van der Waals surface area (Å²) in [5.74, 6) is 0.730. The number of sulfonamides is 1. The molecule has 176 valence electrons. The van der Waals surface area contributed by atoms with Gasteiger partial charge in [-0.25, -0.2) is 8.42 Å². The number of likely N-dealkylation sites (N-methyl/N-ethyl adjacent to an activating group) is 2. The lowest BCUT2D eigenvalue weighted by atomic mass is 10.2. The molecular formula is C24H36N4O3S. The largest absolute Gasteiger partial charge is 0.492 e. The van der Waals surface area contributed by atoms with Crippen molar-refractivity contribution in [1.82, 2.24) is 14.7 Å². The highest BCUT2D eigenvalue weighted by molar-refractivity contribution is 7.92. The molecule has 0 unspecified atom stereocenters. The Kier molecular flexibility index (Phi) is 8.92. The Morgan fingerprint density at radius 3 is 2.16 bits per heavy atom. The highest BCUT2D eigenvalue weighted by Gasteiger charge is 2.16. The lowest BCUT2D eigenvalue weighted by Gasteiger charge is -2.32. The van der Waals surface area contributed by atoms with Gasteiger partial charge in [0.1, 0.15) is 12.4 Å². The summed E-state index contributed by atoms with van der Waals surface area (Å²) in [6.07, 6.45) is 0. The zero-order valence-electron chi connectivity index (χ0n) is 19.5. The molecule has 0 spiro atoms. The van der Waals surface area contributed by atoms with Gasteiger partial charge >= 0.3 is 0 Å². The van der Waals surface area contributed by atoms with E-state index in [1.54, 1.807) is 36.4 Å². The van der Waals surface area contributed by atoms with Gasteiger partial charge < -0.3 is 14.5 Å². The van der Waals surface area contributed by atoms with Crippen LogP contribution in [-0.2, 0) is 16.6 Å². The molecule has 1 fully saturated rings. The summed E-state index contributed by atoms with van der Waals surface area (Å²) in [6.45, 7) is 12.8. The Morgan fingerprint density at radius 2 is 1.56 bits per heavy atom. The third-order valence-electron chi connectivity index (χ3n) is 5.91. The lowest BCUT2D eigenvalue weighted by Crippen LogP contribution is -2.43. The molecule has 1 heterocycles. The first-order valence-electron chi connectivity index (χ1n) is 11.4. The van der Waals surface area contributed by atoms with Crippen LogP contribution in [0.3, 0.4) is 0 Å². The number of anilines is 1. The van der Waals surface area contributed by atoms with Crippen molar-refractivity contribution in [1.29, 1.82) is 0 Å². The minimum atomic E-state index is -3.64. The zero-order valence-corrected chi connectivity index (χ0v) is 20.3. The van der Waals surface area contributed by atoms with E-state index in [0.29, 0.717) is 12.3 Å². The molecule has 2 aromatic rings. The number of piperazine rings is 1. The molecule has 0 aromatic heterocycles. The van der Waals surface area contributed by atoms with Crippen molar-refractivity contribution >= 4 is 15.7 Å². The number of hydrogen-bond acceptors (Lipinski definition) is 6. The first kappa shape index (κ1) is 24.5. The third-order valence-corrected chi connectivity index (χ3v) is 7.31. The Balaban J connectivity index is 1.52. The van der Waals surface area contributed by atoms with Gasteiger partial charge in [0.15, 0.2) is 0 Å². The van der Waals surface area contributed by atoms with Crippen LogP contribution in [0.25, 0.3) is 0 Å². The van der Waals surface area contributed by atoms with E-state index in [2.05, 4.69) is 40.3 Å². The number of benzene rings is 2. The predicted molar refractivity (Wildman–Crippen MR) is 130 cm³/mol. The number of nitrogens with zero attached hydrogens (tertiary/aromatic N) is 3. The molecule has 0 bridgehead atoms. The van der Waals surface area contributed by atoms with Crippen molar-refractivity contribution in [2.45, 2.75) is 25.3 Å². The minimum absolute atomic E-state index is 0.263. The summed E-state index contributed by atoms with van der Waals surface area (Å²) in [6, 6.07) is 14.2. The van der Waals surface area contributed by atoms with Gasteiger partial charge in [0, 0.05) is 45.0 Å². The van der Waals surface area contributed by atoms with Crippen LogP contribution in [0.4, 0.5) is 5.69 Å². The van der Waals surface area contributed by atoms with Crippen molar-refractivity contribution in [2.75, 3.05) is 64.2 Å². The molecule has 1 saturated heterocycles. The van der Waals surface area contributed by atoms with Gasteiger partial charge in [-0.15, -0.1) is 0 Å². The fraction of sp³-hybridized carbons (Fsp3) is 0.500. The average molecular weight is 461 g/mol. The molecule has 32 heavy (non-hydrogen) atoms. The van der Waals surface area contributed by atoms with Gasteiger partial charge in [0.05, 0.1) is 4.90 Å². The summed E-state index contributed by atoms with van der Waals surface area (Å²) in [5, 5.41) is 0. The van der Waals surface area contributed by atoms with E-state index in [1.807, 2.05) is 12.1 Å². The Hall–Kier alpha value is -2.13. The van der Waals surface area contributed by atoms with Crippen LogP contribution in [0.1, 0.15) is 19.4 Å². The van der Waals surface area contributed by atoms with Gasteiger partial charge in [-0.3, -0.25) is 9.62 Å². The highest BCUT2D eigenvalue weighted by Crippen LogP contribution is 2.20. The first-order valence-corrected chi connectivity index (χ1v) is 12.9. The van der Waals surface area contributed by atoms with Crippen LogP contribution >= 0.6 is 0 Å². The van der Waals surface area contributed by atoms with E-state index >= 15 is 0 Å². The lowest BCUT2D eigenvalue weighted by molar-refractivity contribution is 0.148. The molecular weight excluding hydrogens is 424 g/mol. The van der Waals surface area contributed by atoms with E-state index in [1.165, 1.54) is 0 Å². The molecule has 0 atom stereocenters. The number of hydrogen-bond donors (Lipinski definition) is 1. The number of nitrogens with one attached hydrogen (secondary N) is 1. The second kappa shape index (κ2) is 11.7. The first-order chi connectivity index (χ1) is 15.4. The van der Waals surface area contributed by atoms with E-state index in [4.69, 9.17) is 4.74 Å². The maximum absolute atomic E-state index is 12.8. The van der Waals surface area contributed by atoms with Crippen LogP contribution in [-0.4, -0.2) is 82.6 Å². The molecule has 0 radical (unpaired) electrons. The average Bonchev–Trinajstić information content (AvgIpc) is 2.79. The molecule has 0 aliphatic carbocycles. The Bertz CT molecular complexity index is 921. The van der Waals surface area contributed by atoms with Crippen molar-refractivity contribution in [3.8, 4) is 5.75 Å². The summed E-state index contributed by atoms with van der Waals surface area (Å²) in [7, 11) is -1.50. The van der Waals surface area contributed by atoms with Crippen LogP contribution in [0, 0.1) is 0 Å². The van der Waals surface area contributed by atoms with Gasteiger partial charge in [-0.2, -0.15) is 0 Å². The summed E-state index contributed by atoms with van der Waals surface area (Å²) in [5.41, 5.74) is 1.64. The molecule has 2 aromatic carbocycles. The van der Waals surface area contributed by atoms with Crippen molar-refractivity contribution in [3.05, 3.63) is 54.1 Å². The highest BCUT2D eigenvalue weighted by atomic mass is 32.2. The second-order valence-electron chi connectivity index (χ2n) is 8.23. The van der Waals surface area contributed by atoms with Gasteiger partial charge in [0.2, 0.25) is 0 Å².